The lowest BCUT2D eigenvalue weighted by atomic mass is 9.84. The Labute approximate surface area is 323 Å². The number of phenolic OH excluding ortho intramolecular Hbond substituents is 1. The zero-order chi connectivity index (χ0) is 41.0. The van der Waals surface area contributed by atoms with Crippen LogP contribution in [0.25, 0.3) is 0 Å². The van der Waals surface area contributed by atoms with Crippen LogP contribution in [0.3, 0.4) is 0 Å². The van der Waals surface area contributed by atoms with Crippen LogP contribution in [0.5, 0.6) is 5.75 Å². The standard InChI is InChI=1S/C41H69N5O8/c1-13-26(7)36(45(11)40(51)34(24(3)4)43-39(50)35(25(5)6)44(10)14-2)27(8)22-33(48)46-21-15-16-32(46)37(54-12)28(9)38(49)42-31(41(52)53)23-29-17-19-30(47)20-18-29/h17-20,24-28,31-32,34-37,47H,13-16,21-23H2,1-12H3,(H,42,49)(H,43,50)(H,52,53)/t26?,27-,28-,31?,32+,34+,35+,36+,37-/m1/s1. The highest BCUT2D eigenvalue weighted by Crippen LogP contribution is 2.31. The van der Waals surface area contributed by atoms with Gasteiger partial charge in [-0.05, 0) is 67.8 Å². The van der Waals surface area contributed by atoms with Crippen LogP contribution >= 0.6 is 0 Å². The predicted octanol–water partition coefficient (Wildman–Crippen LogP) is 4.16. The fourth-order valence-electron chi connectivity index (χ4n) is 8.06. The first kappa shape index (κ1) is 46.4. The lowest BCUT2D eigenvalue weighted by Crippen LogP contribution is -2.59. The highest BCUT2D eigenvalue weighted by molar-refractivity contribution is 5.90. The molecule has 1 aromatic rings. The molecular weight excluding hydrogens is 690 g/mol. The Kier molecular flexibility index (Phi) is 18.4. The number of hydrogen-bond acceptors (Lipinski definition) is 8. The molecule has 0 bridgehead atoms. The monoisotopic (exact) mass is 760 g/mol. The Morgan fingerprint density at radius 1 is 0.907 bits per heavy atom. The maximum atomic E-state index is 14.2. The first-order chi connectivity index (χ1) is 25.3. The van der Waals surface area contributed by atoms with Crippen molar-refractivity contribution in [3.05, 3.63) is 29.8 Å². The van der Waals surface area contributed by atoms with E-state index in [0.29, 0.717) is 25.1 Å². The van der Waals surface area contributed by atoms with E-state index in [4.69, 9.17) is 4.74 Å². The van der Waals surface area contributed by atoms with Crippen molar-refractivity contribution in [2.45, 2.75) is 131 Å². The first-order valence-corrected chi connectivity index (χ1v) is 19.7. The van der Waals surface area contributed by atoms with Crippen LogP contribution in [0.4, 0.5) is 0 Å². The molecule has 9 atom stereocenters. The number of likely N-dealkylation sites (N-methyl/N-ethyl adjacent to an activating group) is 2. The zero-order valence-corrected chi connectivity index (χ0v) is 34.8. The molecule has 0 saturated carbocycles. The van der Waals surface area contributed by atoms with Crippen molar-refractivity contribution in [2.75, 3.05) is 34.3 Å². The molecule has 13 heteroatoms. The van der Waals surface area contributed by atoms with Crippen molar-refractivity contribution in [3.8, 4) is 5.75 Å². The number of likely N-dealkylation sites (tertiary alicyclic amines) is 1. The van der Waals surface area contributed by atoms with Gasteiger partial charge in [-0.3, -0.25) is 24.1 Å². The summed E-state index contributed by atoms with van der Waals surface area (Å²) in [6.07, 6.45) is 1.66. The van der Waals surface area contributed by atoms with Gasteiger partial charge in [0.15, 0.2) is 0 Å². The third kappa shape index (κ3) is 12.1. The number of aromatic hydroxyl groups is 1. The minimum Gasteiger partial charge on any atom is -0.508 e. The minimum atomic E-state index is -1.20. The molecule has 2 unspecified atom stereocenters. The van der Waals surface area contributed by atoms with Gasteiger partial charge in [-0.25, -0.2) is 4.79 Å². The largest absolute Gasteiger partial charge is 0.508 e. The molecule has 1 aliphatic rings. The van der Waals surface area contributed by atoms with E-state index in [-0.39, 0.29) is 72.1 Å². The molecule has 0 aromatic heterocycles. The molecule has 0 radical (unpaired) electrons. The number of ether oxygens (including phenoxy) is 1. The summed E-state index contributed by atoms with van der Waals surface area (Å²) in [5, 5.41) is 25.2. The number of amides is 4. The third-order valence-corrected chi connectivity index (χ3v) is 11.4. The molecule has 4 amide bonds. The van der Waals surface area contributed by atoms with Gasteiger partial charge < -0.3 is 35.4 Å². The van der Waals surface area contributed by atoms with E-state index in [0.717, 1.165) is 12.8 Å². The second kappa shape index (κ2) is 21.4. The molecule has 306 valence electrons. The van der Waals surface area contributed by atoms with Crippen molar-refractivity contribution < 1.29 is 38.9 Å². The highest BCUT2D eigenvalue weighted by atomic mass is 16.5. The van der Waals surface area contributed by atoms with Crippen LogP contribution in [0.2, 0.25) is 0 Å². The van der Waals surface area contributed by atoms with E-state index < -0.39 is 42.0 Å². The molecule has 4 N–H and O–H groups in total. The molecule has 13 nitrogen and oxygen atoms in total. The molecule has 1 aromatic carbocycles. The van der Waals surface area contributed by atoms with Gasteiger partial charge in [-0.2, -0.15) is 0 Å². The Morgan fingerprint density at radius 2 is 1.52 bits per heavy atom. The van der Waals surface area contributed by atoms with Crippen molar-refractivity contribution >= 4 is 29.6 Å². The van der Waals surface area contributed by atoms with Gasteiger partial charge in [0.25, 0.3) is 0 Å². The van der Waals surface area contributed by atoms with Crippen LogP contribution in [-0.4, -0.2) is 125 Å². The summed E-state index contributed by atoms with van der Waals surface area (Å²) in [6.45, 7) is 18.8. The van der Waals surface area contributed by atoms with Crippen LogP contribution in [0.1, 0.15) is 93.6 Å². The fourth-order valence-corrected chi connectivity index (χ4v) is 8.06. The Morgan fingerprint density at radius 3 is 2.02 bits per heavy atom. The Bertz CT molecular complexity index is 1390. The second-order valence-corrected chi connectivity index (χ2v) is 16.1. The van der Waals surface area contributed by atoms with Crippen LogP contribution < -0.4 is 10.6 Å². The number of benzene rings is 1. The van der Waals surface area contributed by atoms with Crippen molar-refractivity contribution in [1.29, 1.82) is 0 Å². The zero-order valence-electron chi connectivity index (χ0n) is 34.8. The summed E-state index contributed by atoms with van der Waals surface area (Å²) >= 11 is 0. The summed E-state index contributed by atoms with van der Waals surface area (Å²) in [4.78, 5) is 72.9. The topological polar surface area (TPSA) is 169 Å². The van der Waals surface area contributed by atoms with Gasteiger partial charge in [0.1, 0.15) is 17.8 Å². The minimum absolute atomic E-state index is 0.0326. The summed E-state index contributed by atoms with van der Waals surface area (Å²) < 4.78 is 5.86. The lowest BCUT2D eigenvalue weighted by molar-refractivity contribution is -0.145. The summed E-state index contributed by atoms with van der Waals surface area (Å²) in [5.74, 6) is -3.11. The van der Waals surface area contributed by atoms with Crippen molar-refractivity contribution in [1.82, 2.24) is 25.3 Å². The third-order valence-electron chi connectivity index (χ3n) is 11.4. The summed E-state index contributed by atoms with van der Waals surface area (Å²) in [7, 11) is 5.17. The van der Waals surface area contributed by atoms with Gasteiger partial charge in [0.05, 0.1) is 24.1 Å². The van der Waals surface area contributed by atoms with E-state index in [1.54, 1.807) is 35.9 Å². The smallest absolute Gasteiger partial charge is 0.326 e. The number of aliphatic carboxylic acids is 1. The SMILES string of the molecule is CCC(C)[C@@H]([C@H](C)CC(=O)N1CCC[C@H]1[C@H](OC)[C@@H](C)C(=O)NC(Cc1ccc(O)cc1)C(=O)O)N(C)C(=O)[C@@H](NC(=O)[C@H](C(C)C)N(C)CC)C(C)C. The molecule has 2 rings (SSSR count). The van der Waals surface area contributed by atoms with Gasteiger partial charge in [-0.1, -0.05) is 80.9 Å². The predicted molar refractivity (Wildman–Crippen MR) is 210 cm³/mol. The number of hydrogen-bond donors (Lipinski definition) is 4. The first-order valence-electron chi connectivity index (χ1n) is 19.7. The summed E-state index contributed by atoms with van der Waals surface area (Å²) in [6, 6.07) is 3.16. The van der Waals surface area contributed by atoms with Gasteiger partial charge in [0, 0.05) is 39.6 Å². The maximum absolute atomic E-state index is 14.2. The Hall–Kier alpha value is -3.71. The molecule has 1 heterocycles. The van der Waals surface area contributed by atoms with E-state index in [1.165, 1.54) is 19.2 Å². The molecule has 0 spiro atoms. The number of rotatable bonds is 21. The molecule has 1 aliphatic heterocycles. The van der Waals surface area contributed by atoms with E-state index in [2.05, 4.69) is 24.5 Å². The van der Waals surface area contributed by atoms with E-state index >= 15 is 0 Å². The summed E-state index contributed by atoms with van der Waals surface area (Å²) in [5.41, 5.74) is 0.644. The highest BCUT2D eigenvalue weighted by Gasteiger charge is 2.42. The van der Waals surface area contributed by atoms with Gasteiger partial charge in [-0.15, -0.1) is 0 Å². The van der Waals surface area contributed by atoms with Crippen LogP contribution in [0.15, 0.2) is 24.3 Å². The quantitative estimate of drug-likeness (QED) is 0.144. The maximum Gasteiger partial charge on any atom is 0.326 e. The lowest BCUT2D eigenvalue weighted by Gasteiger charge is -2.41. The number of nitrogens with zero attached hydrogens (tertiary/aromatic N) is 3. The van der Waals surface area contributed by atoms with E-state index in [9.17, 15) is 34.2 Å². The van der Waals surface area contributed by atoms with Crippen LogP contribution in [-0.2, 0) is 35.1 Å². The number of carbonyl (C=O) groups is 5. The number of carboxylic acid groups (broad SMARTS) is 1. The number of phenols is 1. The van der Waals surface area contributed by atoms with Crippen LogP contribution in [0, 0.1) is 29.6 Å². The van der Waals surface area contributed by atoms with Crippen molar-refractivity contribution in [2.24, 2.45) is 29.6 Å². The van der Waals surface area contributed by atoms with Gasteiger partial charge >= 0.3 is 5.97 Å². The van der Waals surface area contributed by atoms with E-state index in [1.807, 2.05) is 53.5 Å². The second-order valence-electron chi connectivity index (χ2n) is 16.1. The average Bonchev–Trinajstić information content (AvgIpc) is 3.60. The normalized spacial score (nSPS) is 19.1. The molecule has 0 aliphatic carbocycles. The molecular formula is C41H69N5O8. The van der Waals surface area contributed by atoms with Crippen molar-refractivity contribution in [3.63, 3.8) is 0 Å². The number of carbonyl (C=O) groups excluding carboxylic acids is 4. The molecule has 1 saturated heterocycles. The van der Waals surface area contributed by atoms with Gasteiger partial charge in [0.2, 0.25) is 23.6 Å². The Balaban J connectivity index is 2.23. The number of nitrogens with one attached hydrogen (secondary N) is 2. The number of methoxy groups -OCH3 is 1. The fraction of sp³-hybridized carbons (Fsp3) is 0.732. The average molecular weight is 760 g/mol. The number of carboxylic acids is 1. The molecule has 1 fully saturated rings. The molecule has 54 heavy (non-hydrogen) atoms.